The first kappa shape index (κ1) is 16.4. The molecule has 0 aliphatic carbocycles. The minimum absolute atomic E-state index is 0.0296. The van der Waals surface area contributed by atoms with Gasteiger partial charge in [-0.25, -0.2) is 4.39 Å². The van der Waals surface area contributed by atoms with Gasteiger partial charge in [0.25, 0.3) is 5.91 Å². The van der Waals surface area contributed by atoms with Crippen LogP contribution in [-0.4, -0.2) is 11.8 Å². The van der Waals surface area contributed by atoms with Crippen LogP contribution in [0.2, 0.25) is 0 Å². The topological polar surface area (TPSA) is 71.3 Å². The van der Waals surface area contributed by atoms with E-state index in [-0.39, 0.29) is 11.6 Å². The number of thiophene rings is 1. The molecule has 3 aromatic rings. The Labute approximate surface area is 148 Å². The summed E-state index contributed by atoms with van der Waals surface area (Å²) in [6.45, 7) is 0. The number of furan rings is 1. The molecule has 0 aliphatic rings. The summed E-state index contributed by atoms with van der Waals surface area (Å²) in [6, 6.07) is 12.1. The molecule has 0 saturated carbocycles. The third kappa shape index (κ3) is 3.72. The molecule has 3 rings (SSSR count). The molecule has 5 nitrogen and oxygen atoms in total. The van der Waals surface area contributed by atoms with E-state index in [1.54, 1.807) is 30.3 Å². The van der Waals surface area contributed by atoms with Crippen LogP contribution in [0.1, 0.15) is 20.2 Å². The second kappa shape index (κ2) is 6.98. The normalized spacial score (nSPS) is 10.4. The number of hydrogen-bond acceptors (Lipinski definition) is 4. The Hall–Kier alpha value is -2.45. The predicted octanol–water partition coefficient (Wildman–Crippen LogP) is 3.98. The van der Waals surface area contributed by atoms with Crippen LogP contribution >= 0.6 is 27.3 Å². The Morgan fingerprint density at radius 3 is 2.33 bits per heavy atom. The van der Waals surface area contributed by atoms with Crippen molar-refractivity contribution in [2.75, 3.05) is 0 Å². The van der Waals surface area contributed by atoms with Crippen LogP contribution in [0.3, 0.4) is 0 Å². The lowest BCUT2D eigenvalue weighted by atomic mass is 10.2. The largest absolute Gasteiger partial charge is 0.451 e. The molecule has 2 aromatic heterocycles. The zero-order valence-corrected chi connectivity index (χ0v) is 14.4. The highest BCUT2D eigenvalue weighted by atomic mass is 79.9. The van der Waals surface area contributed by atoms with Crippen molar-refractivity contribution in [3.8, 4) is 11.3 Å². The van der Waals surface area contributed by atoms with Crippen LogP contribution in [0.25, 0.3) is 11.3 Å². The molecule has 0 atom stereocenters. The molecule has 0 fully saturated rings. The highest BCUT2D eigenvalue weighted by molar-refractivity contribution is 9.11. The van der Waals surface area contributed by atoms with Crippen molar-refractivity contribution >= 4 is 39.1 Å². The van der Waals surface area contributed by atoms with E-state index in [1.165, 1.54) is 29.5 Å². The molecule has 122 valence electrons. The molecule has 2 N–H and O–H groups in total. The van der Waals surface area contributed by atoms with Gasteiger partial charge in [-0.2, -0.15) is 0 Å². The lowest BCUT2D eigenvalue weighted by Gasteiger charge is -2.04. The molecule has 0 radical (unpaired) electrons. The fourth-order valence-corrected chi connectivity index (χ4v) is 3.18. The Balaban J connectivity index is 1.63. The highest BCUT2D eigenvalue weighted by Crippen LogP contribution is 2.23. The third-order valence-electron chi connectivity index (χ3n) is 3.05. The number of halogens is 2. The van der Waals surface area contributed by atoms with Crippen molar-refractivity contribution in [1.29, 1.82) is 0 Å². The Kier molecular flexibility index (Phi) is 4.77. The van der Waals surface area contributed by atoms with E-state index in [1.807, 2.05) is 0 Å². The summed E-state index contributed by atoms with van der Waals surface area (Å²) >= 11 is 4.50. The molecule has 0 spiro atoms. The average Bonchev–Trinajstić information content (AvgIpc) is 3.22. The van der Waals surface area contributed by atoms with E-state index in [2.05, 4.69) is 26.8 Å². The maximum Gasteiger partial charge on any atom is 0.305 e. The monoisotopic (exact) mass is 408 g/mol. The maximum atomic E-state index is 12.9. The smallest absolute Gasteiger partial charge is 0.305 e. The summed E-state index contributed by atoms with van der Waals surface area (Å²) in [5.41, 5.74) is 5.23. The van der Waals surface area contributed by atoms with E-state index < -0.39 is 11.8 Å². The second-order valence-electron chi connectivity index (χ2n) is 4.68. The van der Waals surface area contributed by atoms with Crippen LogP contribution < -0.4 is 10.9 Å². The van der Waals surface area contributed by atoms with Gasteiger partial charge >= 0.3 is 5.91 Å². The van der Waals surface area contributed by atoms with E-state index >= 15 is 0 Å². The van der Waals surface area contributed by atoms with Crippen LogP contribution in [0.4, 0.5) is 4.39 Å². The van der Waals surface area contributed by atoms with Crippen LogP contribution in [-0.2, 0) is 0 Å². The van der Waals surface area contributed by atoms with Gasteiger partial charge in [0.05, 0.1) is 8.66 Å². The Bertz CT molecular complexity index is 889. The fourth-order valence-electron chi connectivity index (χ4n) is 1.90. The third-order valence-corrected chi connectivity index (χ3v) is 4.67. The number of hydrogen-bond donors (Lipinski definition) is 2. The maximum absolute atomic E-state index is 12.9. The molecule has 0 unspecified atom stereocenters. The van der Waals surface area contributed by atoms with Gasteiger partial charge in [0, 0.05) is 5.56 Å². The summed E-state index contributed by atoms with van der Waals surface area (Å²) in [6.07, 6.45) is 0. The highest BCUT2D eigenvalue weighted by Gasteiger charge is 2.14. The molecule has 0 aliphatic heterocycles. The quantitative estimate of drug-likeness (QED) is 0.643. The van der Waals surface area contributed by atoms with Gasteiger partial charge < -0.3 is 4.42 Å². The number of nitrogens with one attached hydrogen (secondary N) is 2. The average molecular weight is 409 g/mol. The molecule has 8 heteroatoms. The zero-order chi connectivity index (χ0) is 17.1. The Morgan fingerprint density at radius 1 is 0.958 bits per heavy atom. The van der Waals surface area contributed by atoms with E-state index in [4.69, 9.17) is 4.42 Å². The molecular weight excluding hydrogens is 399 g/mol. The number of carbonyl (C=O) groups is 2. The minimum atomic E-state index is -0.590. The fraction of sp³-hybridized carbons (Fsp3) is 0. The van der Waals surface area contributed by atoms with E-state index in [0.717, 1.165) is 3.79 Å². The van der Waals surface area contributed by atoms with Crippen molar-refractivity contribution in [2.24, 2.45) is 0 Å². The lowest BCUT2D eigenvalue weighted by molar-refractivity contribution is 0.0833. The summed E-state index contributed by atoms with van der Waals surface area (Å²) in [7, 11) is 0. The van der Waals surface area contributed by atoms with Gasteiger partial charge in [0.2, 0.25) is 0 Å². The van der Waals surface area contributed by atoms with E-state index in [0.29, 0.717) is 16.2 Å². The van der Waals surface area contributed by atoms with Crippen LogP contribution in [0, 0.1) is 5.82 Å². The number of carbonyl (C=O) groups excluding carboxylic acids is 2. The zero-order valence-electron chi connectivity index (χ0n) is 12.0. The number of amides is 2. The van der Waals surface area contributed by atoms with Crippen molar-refractivity contribution < 1.29 is 18.4 Å². The summed E-state index contributed by atoms with van der Waals surface area (Å²) < 4.78 is 19.2. The van der Waals surface area contributed by atoms with Crippen molar-refractivity contribution in [3.05, 3.63) is 68.8 Å². The molecule has 2 amide bonds. The van der Waals surface area contributed by atoms with Crippen molar-refractivity contribution in [3.63, 3.8) is 0 Å². The second-order valence-corrected chi connectivity index (χ2v) is 7.15. The molecular formula is C16H10BrFN2O3S. The molecule has 2 heterocycles. The van der Waals surface area contributed by atoms with Gasteiger partial charge in [-0.3, -0.25) is 20.4 Å². The molecule has 0 bridgehead atoms. The minimum Gasteiger partial charge on any atom is -0.451 e. The summed E-state index contributed by atoms with van der Waals surface area (Å²) in [5.74, 6) is -0.918. The van der Waals surface area contributed by atoms with Gasteiger partial charge in [-0.05, 0) is 64.5 Å². The standard InChI is InChI=1S/C16H10BrFN2O3S/c17-14-8-7-13(24-14)16(22)20-19-15(21)12-6-5-11(23-12)9-1-3-10(18)4-2-9/h1-8H,(H,19,21)(H,20,22). The van der Waals surface area contributed by atoms with E-state index in [9.17, 15) is 14.0 Å². The number of hydrazine groups is 1. The first-order chi connectivity index (χ1) is 11.5. The lowest BCUT2D eigenvalue weighted by Crippen LogP contribution is -2.41. The summed E-state index contributed by atoms with van der Waals surface area (Å²) in [5, 5.41) is 0. The first-order valence-electron chi connectivity index (χ1n) is 6.75. The SMILES string of the molecule is O=C(NNC(=O)c1ccc(Br)s1)c1ccc(-c2ccc(F)cc2)o1. The Morgan fingerprint density at radius 2 is 1.67 bits per heavy atom. The van der Waals surface area contributed by atoms with Gasteiger partial charge in [-0.1, -0.05) is 0 Å². The van der Waals surface area contributed by atoms with Crippen LogP contribution in [0.5, 0.6) is 0 Å². The van der Waals surface area contributed by atoms with Gasteiger partial charge in [0.1, 0.15) is 11.6 Å². The van der Waals surface area contributed by atoms with Crippen LogP contribution in [0.15, 0.2) is 56.7 Å². The van der Waals surface area contributed by atoms with Crippen molar-refractivity contribution in [2.45, 2.75) is 0 Å². The first-order valence-corrected chi connectivity index (χ1v) is 8.35. The molecule has 24 heavy (non-hydrogen) atoms. The summed E-state index contributed by atoms with van der Waals surface area (Å²) in [4.78, 5) is 24.3. The predicted molar refractivity (Wildman–Crippen MR) is 91.1 cm³/mol. The molecule has 0 saturated heterocycles. The van der Waals surface area contributed by atoms with Crippen molar-refractivity contribution in [1.82, 2.24) is 10.9 Å². The van der Waals surface area contributed by atoms with Gasteiger partial charge in [0.15, 0.2) is 5.76 Å². The molecule has 1 aromatic carbocycles. The number of benzene rings is 1. The number of rotatable bonds is 3. The van der Waals surface area contributed by atoms with Gasteiger partial charge in [-0.15, -0.1) is 11.3 Å².